The number of rotatable bonds is 4. The highest BCUT2D eigenvalue weighted by atomic mass is 35.5. The van der Waals surface area contributed by atoms with E-state index in [9.17, 15) is 22.8 Å². The Morgan fingerprint density at radius 2 is 1.71 bits per heavy atom. The zero-order valence-electron chi connectivity index (χ0n) is 17.0. The van der Waals surface area contributed by atoms with E-state index < -0.39 is 33.7 Å². The number of carboxylic acid groups (broad SMARTS) is 1. The highest BCUT2D eigenvalue weighted by Gasteiger charge is 2.33. The van der Waals surface area contributed by atoms with E-state index in [1.807, 2.05) is 20.8 Å². The molecule has 5 nitrogen and oxygen atoms in total. The molecule has 0 amide bonds. The first-order chi connectivity index (χ1) is 14.3. The standard InChI is InChI=1S/C22H20ClF3N2O3/c1-21(2,3)19-20(31)28(9-8-18(29)30)17-11-13(5-7-16(17)27-19)12-4-6-15(23)14(10-12)22(24,25)26/h4-7,10-11H,8-9H2,1-3H3,(H,29,30). The molecule has 0 aliphatic rings. The Labute approximate surface area is 181 Å². The number of carbonyl (C=O) groups is 1. The van der Waals surface area contributed by atoms with Gasteiger partial charge in [-0.1, -0.05) is 44.5 Å². The number of hydrogen-bond donors (Lipinski definition) is 1. The van der Waals surface area contributed by atoms with Gasteiger partial charge in [0, 0.05) is 12.0 Å². The number of aliphatic carboxylic acids is 1. The maximum Gasteiger partial charge on any atom is 0.417 e. The van der Waals surface area contributed by atoms with E-state index in [4.69, 9.17) is 16.7 Å². The van der Waals surface area contributed by atoms with Crippen LogP contribution in [0.15, 0.2) is 41.2 Å². The van der Waals surface area contributed by atoms with Gasteiger partial charge in [0.25, 0.3) is 5.56 Å². The Bertz CT molecular complexity index is 1230. The van der Waals surface area contributed by atoms with Crippen LogP contribution >= 0.6 is 11.6 Å². The molecule has 0 saturated carbocycles. The summed E-state index contributed by atoms with van der Waals surface area (Å²) < 4.78 is 41.1. The Kier molecular flexibility index (Phi) is 5.88. The van der Waals surface area contributed by atoms with Gasteiger partial charge in [0.15, 0.2) is 0 Å². The van der Waals surface area contributed by atoms with E-state index in [0.717, 1.165) is 6.07 Å². The molecule has 0 unspecified atom stereocenters. The molecule has 0 spiro atoms. The van der Waals surface area contributed by atoms with Crippen LogP contribution in [0.1, 0.15) is 38.4 Å². The molecular weight excluding hydrogens is 433 g/mol. The van der Waals surface area contributed by atoms with Crippen molar-refractivity contribution in [3.63, 3.8) is 0 Å². The second-order valence-electron chi connectivity index (χ2n) is 8.21. The van der Waals surface area contributed by atoms with Crippen LogP contribution in [0.25, 0.3) is 22.2 Å². The van der Waals surface area contributed by atoms with Gasteiger partial charge in [0.05, 0.1) is 28.0 Å². The Balaban J connectivity index is 2.25. The van der Waals surface area contributed by atoms with Crippen molar-refractivity contribution in [1.29, 1.82) is 0 Å². The first-order valence-electron chi connectivity index (χ1n) is 9.43. The topological polar surface area (TPSA) is 72.2 Å². The molecule has 0 saturated heterocycles. The molecule has 164 valence electrons. The Hall–Kier alpha value is -2.87. The molecule has 2 aromatic carbocycles. The first kappa shape index (κ1) is 22.8. The maximum absolute atomic E-state index is 13.3. The van der Waals surface area contributed by atoms with Crippen molar-refractivity contribution in [1.82, 2.24) is 9.55 Å². The summed E-state index contributed by atoms with van der Waals surface area (Å²) >= 11 is 5.71. The van der Waals surface area contributed by atoms with Crippen LogP contribution in [-0.2, 0) is 22.9 Å². The van der Waals surface area contributed by atoms with E-state index in [2.05, 4.69) is 4.98 Å². The van der Waals surface area contributed by atoms with Crippen molar-refractivity contribution < 1.29 is 23.1 Å². The summed E-state index contributed by atoms with van der Waals surface area (Å²) in [6.45, 7) is 5.38. The predicted octanol–water partition coefficient (Wildman–Crippen LogP) is 5.51. The molecule has 0 aliphatic carbocycles. The van der Waals surface area contributed by atoms with Crippen LogP contribution in [0.2, 0.25) is 5.02 Å². The van der Waals surface area contributed by atoms with Crippen molar-refractivity contribution in [2.75, 3.05) is 0 Å². The van der Waals surface area contributed by atoms with Crippen LogP contribution in [0.5, 0.6) is 0 Å². The molecule has 31 heavy (non-hydrogen) atoms. The number of aryl methyl sites for hydroxylation is 1. The monoisotopic (exact) mass is 452 g/mol. The highest BCUT2D eigenvalue weighted by molar-refractivity contribution is 6.31. The Morgan fingerprint density at radius 3 is 2.29 bits per heavy atom. The molecule has 1 N–H and O–H groups in total. The minimum absolute atomic E-state index is 0.0891. The van der Waals surface area contributed by atoms with Crippen molar-refractivity contribution in [3.8, 4) is 11.1 Å². The fourth-order valence-electron chi connectivity index (χ4n) is 3.26. The van der Waals surface area contributed by atoms with Gasteiger partial charge < -0.3 is 9.67 Å². The second kappa shape index (κ2) is 8.00. The minimum atomic E-state index is -4.61. The number of aromatic nitrogens is 2. The van der Waals surface area contributed by atoms with Gasteiger partial charge in [-0.25, -0.2) is 4.98 Å². The SMILES string of the molecule is CC(C)(C)c1nc2ccc(-c3ccc(Cl)c(C(F)(F)F)c3)cc2n(CCC(=O)O)c1=O. The highest BCUT2D eigenvalue weighted by Crippen LogP contribution is 2.37. The van der Waals surface area contributed by atoms with Gasteiger partial charge in [0.2, 0.25) is 0 Å². The Morgan fingerprint density at radius 1 is 1.10 bits per heavy atom. The summed E-state index contributed by atoms with van der Waals surface area (Å²) in [5, 5.41) is 8.67. The van der Waals surface area contributed by atoms with Crippen molar-refractivity contribution in [3.05, 3.63) is 63.0 Å². The van der Waals surface area contributed by atoms with Gasteiger partial charge in [-0.3, -0.25) is 9.59 Å². The lowest BCUT2D eigenvalue weighted by Gasteiger charge is -2.20. The molecule has 0 fully saturated rings. The van der Waals surface area contributed by atoms with E-state index in [0.29, 0.717) is 16.6 Å². The van der Waals surface area contributed by atoms with Gasteiger partial charge >= 0.3 is 12.1 Å². The quantitative estimate of drug-likeness (QED) is 0.566. The van der Waals surface area contributed by atoms with E-state index in [1.165, 1.54) is 16.7 Å². The second-order valence-corrected chi connectivity index (χ2v) is 8.61. The van der Waals surface area contributed by atoms with E-state index in [-0.39, 0.29) is 24.2 Å². The maximum atomic E-state index is 13.3. The summed E-state index contributed by atoms with van der Waals surface area (Å²) in [5.74, 6) is -1.07. The van der Waals surface area contributed by atoms with Crippen LogP contribution < -0.4 is 5.56 Å². The largest absolute Gasteiger partial charge is 0.481 e. The number of benzene rings is 2. The van der Waals surface area contributed by atoms with Gasteiger partial charge in [0.1, 0.15) is 5.69 Å². The van der Waals surface area contributed by atoms with Gasteiger partial charge in [-0.05, 0) is 35.4 Å². The third kappa shape index (κ3) is 4.74. The fourth-order valence-corrected chi connectivity index (χ4v) is 3.48. The summed E-state index contributed by atoms with van der Waals surface area (Å²) in [6, 6.07) is 8.33. The number of halogens is 4. The molecule has 3 aromatic rings. The molecule has 0 atom stereocenters. The lowest BCUT2D eigenvalue weighted by Crippen LogP contribution is -2.33. The summed E-state index contributed by atoms with van der Waals surface area (Å²) in [7, 11) is 0. The molecular formula is C22H20ClF3N2O3. The fraction of sp³-hybridized carbons (Fsp3) is 0.318. The van der Waals surface area contributed by atoms with Gasteiger partial charge in [-0.2, -0.15) is 13.2 Å². The molecule has 0 aliphatic heterocycles. The average Bonchev–Trinajstić information content (AvgIpc) is 2.65. The first-order valence-corrected chi connectivity index (χ1v) is 9.81. The molecule has 3 rings (SSSR count). The van der Waals surface area contributed by atoms with Gasteiger partial charge in [-0.15, -0.1) is 0 Å². The summed E-state index contributed by atoms with van der Waals surface area (Å²) in [5.41, 5.74) is -0.207. The van der Waals surface area contributed by atoms with Crippen molar-refractivity contribution >= 4 is 28.6 Å². The normalized spacial score (nSPS) is 12.4. The van der Waals surface area contributed by atoms with E-state index >= 15 is 0 Å². The molecule has 0 radical (unpaired) electrons. The molecule has 1 aromatic heterocycles. The molecule has 9 heteroatoms. The lowest BCUT2D eigenvalue weighted by molar-refractivity contribution is -0.138. The van der Waals surface area contributed by atoms with Crippen molar-refractivity contribution in [2.24, 2.45) is 0 Å². The van der Waals surface area contributed by atoms with E-state index in [1.54, 1.807) is 18.2 Å². The third-order valence-electron chi connectivity index (χ3n) is 4.81. The number of hydrogen-bond acceptors (Lipinski definition) is 3. The average molecular weight is 453 g/mol. The molecule has 0 bridgehead atoms. The number of carboxylic acids is 1. The minimum Gasteiger partial charge on any atom is -0.481 e. The smallest absolute Gasteiger partial charge is 0.417 e. The third-order valence-corrected chi connectivity index (χ3v) is 5.14. The number of alkyl halides is 3. The molecule has 1 heterocycles. The number of nitrogens with zero attached hydrogens (tertiary/aromatic N) is 2. The van der Waals surface area contributed by atoms with Crippen LogP contribution in [0, 0.1) is 0 Å². The zero-order valence-corrected chi connectivity index (χ0v) is 17.8. The summed E-state index contributed by atoms with van der Waals surface area (Å²) in [4.78, 5) is 28.6. The van der Waals surface area contributed by atoms with Crippen molar-refractivity contribution in [2.45, 2.75) is 45.3 Å². The van der Waals surface area contributed by atoms with Crippen LogP contribution in [0.4, 0.5) is 13.2 Å². The van der Waals surface area contributed by atoms with Crippen LogP contribution in [-0.4, -0.2) is 20.6 Å². The van der Waals surface area contributed by atoms with Crippen LogP contribution in [0.3, 0.4) is 0 Å². The summed E-state index contributed by atoms with van der Waals surface area (Å²) in [6.07, 6.45) is -4.90. The lowest BCUT2D eigenvalue weighted by atomic mass is 9.92. The predicted molar refractivity (Wildman–Crippen MR) is 112 cm³/mol. The zero-order chi connectivity index (χ0) is 23.1. The number of fused-ring (bicyclic) bond motifs is 1.